The minimum absolute atomic E-state index is 0.367. The van der Waals surface area contributed by atoms with Crippen molar-refractivity contribution in [3.63, 3.8) is 0 Å². The summed E-state index contributed by atoms with van der Waals surface area (Å²) in [5.41, 5.74) is 7.28. The number of rotatable bonds is 7. The van der Waals surface area contributed by atoms with Crippen LogP contribution in [-0.4, -0.2) is 13.1 Å². The summed E-state index contributed by atoms with van der Waals surface area (Å²) >= 11 is 0. The number of hydrogen-bond acceptors (Lipinski definition) is 2. The van der Waals surface area contributed by atoms with Gasteiger partial charge in [0.05, 0.1) is 0 Å². The lowest BCUT2D eigenvalue weighted by Gasteiger charge is -2.30. The van der Waals surface area contributed by atoms with Gasteiger partial charge in [0.1, 0.15) is 0 Å². The molecule has 2 nitrogen and oxygen atoms in total. The van der Waals surface area contributed by atoms with Gasteiger partial charge in [0.25, 0.3) is 0 Å². The fourth-order valence-corrected chi connectivity index (χ4v) is 2.35. The summed E-state index contributed by atoms with van der Waals surface area (Å²) in [6.45, 7) is 8.79. The van der Waals surface area contributed by atoms with Gasteiger partial charge in [0, 0.05) is 12.2 Å². The summed E-state index contributed by atoms with van der Waals surface area (Å²) in [7, 11) is 0. The highest BCUT2D eigenvalue weighted by molar-refractivity contribution is 5.42. The molecule has 0 saturated heterocycles. The van der Waals surface area contributed by atoms with Gasteiger partial charge in [-0.25, -0.2) is 0 Å². The van der Waals surface area contributed by atoms with Crippen LogP contribution >= 0.6 is 0 Å². The van der Waals surface area contributed by atoms with Crippen molar-refractivity contribution in [2.24, 2.45) is 17.1 Å². The quantitative estimate of drug-likeness (QED) is 0.718. The normalized spacial score (nSPS) is 13.3. The average molecular weight is 248 g/mol. The van der Waals surface area contributed by atoms with E-state index in [4.69, 9.17) is 5.73 Å². The van der Waals surface area contributed by atoms with Crippen LogP contribution in [0.5, 0.6) is 0 Å². The van der Waals surface area contributed by atoms with E-state index in [1.54, 1.807) is 0 Å². The standard InChI is InChI=1S/C16H28N2/c1-16(2,3)14(11-12-17)8-7-13-18-15-9-5-4-6-10-15/h4-6,9-10,14,18H,7-8,11-13,17H2,1-3H3. The van der Waals surface area contributed by atoms with E-state index in [0.29, 0.717) is 5.41 Å². The fourth-order valence-electron chi connectivity index (χ4n) is 2.35. The van der Waals surface area contributed by atoms with Crippen LogP contribution in [0, 0.1) is 11.3 Å². The zero-order valence-corrected chi connectivity index (χ0v) is 12.1. The Hall–Kier alpha value is -1.02. The van der Waals surface area contributed by atoms with Gasteiger partial charge in [-0.3, -0.25) is 0 Å². The zero-order valence-electron chi connectivity index (χ0n) is 12.1. The Balaban J connectivity index is 2.27. The molecule has 2 heteroatoms. The molecule has 0 heterocycles. The van der Waals surface area contributed by atoms with Crippen LogP contribution in [-0.2, 0) is 0 Å². The summed E-state index contributed by atoms with van der Waals surface area (Å²) in [6.07, 6.45) is 3.59. The van der Waals surface area contributed by atoms with E-state index in [0.717, 1.165) is 25.4 Å². The molecule has 3 N–H and O–H groups in total. The molecule has 0 radical (unpaired) electrons. The summed E-state index contributed by atoms with van der Waals surface area (Å²) in [4.78, 5) is 0. The van der Waals surface area contributed by atoms with E-state index in [1.165, 1.54) is 18.5 Å². The molecule has 1 aromatic carbocycles. The Morgan fingerprint density at radius 2 is 1.78 bits per heavy atom. The highest BCUT2D eigenvalue weighted by atomic mass is 14.9. The third-order valence-electron chi connectivity index (χ3n) is 3.57. The van der Waals surface area contributed by atoms with E-state index < -0.39 is 0 Å². The van der Waals surface area contributed by atoms with E-state index in [2.05, 4.69) is 50.4 Å². The summed E-state index contributed by atoms with van der Waals surface area (Å²) in [6, 6.07) is 10.4. The predicted molar refractivity (Wildman–Crippen MR) is 80.8 cm³/mol. The van der Waals surface area contributed by atoms with Crippen LogP contribution in [0.3, 0.4) is 0 Å². The van der Waals surface area contributed by atoms with Crippen molar-refractivity contribution in [1.82, 2.24) is 0 Å². The average Bonchev–Trinajstić information content (AvgIpc) is 2.33. The Morgan fingerprint density at radius 3 is 2.33 bits per heavy atom. The van der Waals surface area contributed by atoms with Crippen molar-refractivity contribution in [1.29, 1.82) is 0 Å². The molecule has 0 aromatic heterocycles. The predicted octanol–water partition coefficient (Wildman–Crippen LogP) is 3.89. The number of anilines is 1. The molecule has 0 spiro atoms. The van der Waals surface area contributed by atoms with E-state index >= 15 is 0 Å². The van der Waals surface area contributed by atoms with Gasteiger partial charge in [0.15, 0.2) is 0 Å². The molecule has 0 fully saturated rings. The third kappa shape index (κ3) is 5.54. The minimum atomic E-state index is 0.367. The molecule has 1 aromatic rings. The van der Waals surface area contributed by atoms with Crippen LogP contribution in [0.1, 0.15) is 40.0 Å². The maximum Gasteiger partial charge on any atom is 0.0340 e. The lowest BCUT2D eigenvalue weighted by molar-refractivity contribution is 0.212. The molecule has 18 heavy (non-hydrogen) atoms. The van der Waals surface area contributed by atoms with Crippen molar-refractivity contribution < 1.29 is 0 Å². The second kappa shape index (κ2) is 7.42. The molecule has 0 aliphatic heterocycles. The topological polar surface area (TPSA) is 38.0 Å². The van der Waals surface area contributed by atoms with E-state index in [1.807, 2.05) is 6.07 Å². The van der Waals surface area contributed by atoms with E-state index in [9.17, 15) is 0 Å². The molecule has 0 saturated carbocycles. The molecule has 1 unspecified atom stereocenters. The number of nitrogens with one attached hydrogen (secondary N) is 1. The lowest BCUT2D eigenvalue weighted by Crippen LogP contribution is -2.24. The lowest BCUT2D eigenvalue weighted by atomic mass is 9.76. The van der Waals surface area contributed by atoms with Crippen molar-refractivity contribution in [2.75, 3.05) is 18.4 Å². The highest BCUT2D eigenvalue weighted by Crippen LogP contribution is 2.31. The summed E-state index contributed by atoms with van der Waals surface area (Å²) in [5.74, 6) is 0.722. The summed E-state index contributed by atoms with van der Waals surface area (Å²) < 4.78 is 0. The first-order valence-electron chi connectivity index (χ1n) is 7.03. The maximum absolute atomic E-state index is 5.71. The largest absolute Gasteiger partial charge is 0.385 e. The van der Waals surface area contributed by atoms with Gasteiger partial charge < -0.3 is 11.1 Å². The molecule has 102 valence electrons. The number of benzene rings is 1. The van der Waals surface area contributed by atoms with Gasteiger partial charge >= 0.3 is 0 Å². The molecule has 1 atom stereocenters. The van der Waals surface area contributed by atoms with Crippen molar-refractivity contribution >= 4 is 5.69 Å². The molecule has 0 bridgehead atoms. The smallest absolute Gasteiger partial charge is 0.0340 e. The molecule has 0 aliphatic carbocycles. The van der Waals surface area contributed by atoms with Gasteiger partial charge in [0.2, 0.25) is 0 Å². The van der Waals surface area contributed by atoms with Crippen LogP contribution in [0.4, 0.5) is 5.69 Å². The number of hydrogen-bond donors (Lipinski definition) is 2. The molecular weight excluding hydrogens is 220 g/mol. The first-order chi connectivity index (χ1) is 8.54. The Bertz CT molecular complexity index is 314. The third-order valence-corrected chi connectivity index (χ3v) is 3.57. The van der Waals surface area contributed by atoms with Crippen molar-refractivity contribution in [2.45, 2.75) is 40.0 Å². The Morgan fingerprint density at radius 1 is 1.11 bits per heavy atom. The second-order valence-electron chi connectivity index (χ2n) is 6.08. The second-order valence-corrected chi connectivity index (χ2v) is 6.08. The van der Waals surface area contributed by atoms with Crippen LogP contribution in [0.2, 0.25) is 0 Å². The van der Waals surface area contributed by atoms with Crippen LogP contribution < -0.4 is 11.1 Å². The monoisotopic (exact) mass is 248 g/mol. The fraction of sp³-hybridized carbons (Fsp3) is 0.625. The minimum Gasteiger partial charge on any atom is -0.385 e. The van der Waals surface area contributed by atoms with Gasteiger partial charge in [-0.15, -0.1) is 0 Å². The molecule has 0 amide bonds. The van der Waals surface area contributed by atoms with Gasteiger partial charge in [-0.05, 0) is 49.3 Å². The summed E-state index contributed by atoms with van der Waals surface area (Å²) in [5, 5.41) is 3.46. The molecular formula is C16H28N2. The van der Waals surface area contributed by atoms with Crippen molar-refractivity contribution in [3.05, 3.63) is 30.3 Å². The Kier molecular flexibility index (Phi) is 6.20. The van der Waals surface area contributed by atoms with E-state index in [-0.39, 0.29) is 0 Å². The van der Waals surface area contributed by atoms with Crippen molar-refractivity contribution in [3.8, 4) is 0 Å². The maximum atomic E-state index is 5.71. The molecule has 0 aliphatic rings. The van der Waals surface area contributed by atoms with Gasteiger partial charge in [-0.1, -0.05) is 39.0 Å². The number of nitrogens with two attached hydrogens (primary N) is 1. The highest BCUT2D eigenvalue weighted by Gasteiger charge is 2.22. The Labute approximate surface area is 112 Å². The van der Waals surface area contributed by atoms with Crippen LogP contribution in [0.15, 0.2) is 30.3 Å². The SMILES string of the molecule is CC(C)(C)C(CCN)CCCNc1ccccc1. The number of para-hydroxylation sites is 1. The first kappa shape index (κ1) is 15.0. The van der Waals surface area contributed by atoms with Gasteiger partial charge in [-0.2, -0.15) is 0 Å². The molecule has 1 rings (SSSR count). The first-order valence-corrected chi connectivity index (χ1v) is 7.03. The zero-order chi connectivity index (χ0) is 13.4. The van der Waals surface area contributed by atoms with Crippen LogP contribution in [0.25, 0.3) is 0 Å².